The molecular weight excluding hydrogens is 344 g/mol. The van der Waals surface area contributed by atoms with E-state index in [1.807, 2.05) is 11.4 Å². The first-order valence-electron chi connectivity index (χ1n) is 5.56. The van der Waals surface area contributed by atoms with Crippen LogP contribution in [-0.4, -0.2) is 21.3 Å². The van der Waals surface area contributed by atoms with Gasteiger partial charge in [-0.3, -0.25) is 0 Å². The third kappa shape index (κ3) is 2.37. The van der Waals surface area contributed by atoms with Gasteiger partial charge in [-0.2, -0.15) is 0 Å². The molecule has 0 fully saturated rings. The zero-order valence-electron chi connectivity index (χ0n) is 9.91. The Morgan fingerprint density at radius 1 is 1.25 bits per heavy atom. The van der Waals surface area contributed by atoms with Crippen LogP contribution in [0.5, 0.6) is 0 Å². The van der Waals surface area contributed by atoms with Crippen LogP contribution in [0.2, 0.25) is 0 Å². The first kappa shape index (κ1) is 13.0. The summed E-state index contributed by atoms with van der Waals surface area (Å²) >= 11 is 4.87. The summed E-state index contributed by atoms with van der Waals surface area (Å²) in [5.74, 6) is -0.471. The van der Waals surface area contributed by atoms with E-state index in [-0.39, 0.29) is 11.5 Å². The van der Waals surface area contributed by atoms with Gasteiger partial charge in [0.2, 0.25) is 11.8 Å². The summed E-state index contributed by atoms with van der Waals surface area (Å²) in [4.78, 5) is 11.2. The molecule has 100 valence electrons. The van der Waals surface area contributed by atoms with E-state index in [0.29, 0.717) is 11.5 Å². The maximum atomic E-state index is 11.2. The summed E-state index contributed by atoms with van der Waals surface area (Å²) in [6.45, 7) is 0. The quantitative estimate of drug-likeness (QED) is 0.774. The topological polar surface area (TPSA) is 76.2 Å². The van der Waals surface area contributed by atoms with Gasteiger partial charge in [-0.15, -0.1) is 21.5 Å². The number of rotatable bonds is 3. The van der Waals surface area contributed by atoms with Crippen LogP contribution in [0.1, 0.15) is 10.4 Å². The number of nitrogens with zero attached hydrogens (tertiary/aromatic N) is 2. The minimum absolute atomic E-state index is 0.134. The molecule has 20 heavy (non-hydrogen) atoms. The van der Waals surface area contributed by atoms with Crippen LogP contribution in [0.4, 0.5) is 0 Å². The van der Waals surface area contributed by atoms with E-state index in [1.54, 1.807) is 18.2 Å². The summed E-state index contributed by atoms with van der Waals surface area (Å²) in [5, 5.41) is 18.9. The Bertz CT molecular complexity index is 781. The average Bonchev–Trinajstić information content (AvgIpc) is 3.07. The molecule has 0 spiro atoms. The first-order valence-corrected chi connectivity index (χ1v) is 7.23. The molecule has 1 aromatic carbocycles. The maximum absolute atomic E-state index is 11.2. The van der Waals surface area contributed by atoms with Crippen molar-refractivity contribution in [1.82, 2.24) is 10.2 Å². The fourth-order valence-corrected chi connectivity index (χ4v) is 2.86. The maximum Gasteiger partial charge on any atom is 0.336 e. The van der Waals surface area contributed by atoms with Crippen LogP contribution in [0.3, 0.4) is 0 Å². The molecule has 0 aliphatic rings. The van der Waals surface area contributed by atoms with Gasteiger partial charge in [0.05, 0.1) is 20.5 Å². The molecule has 0 radical (unpaired) electrons. The fraction of sp³-hybridized carbons (Fsp3) is 0. The van der Waals surface area contributed by atoms with Crippen molar-refractivity contribution in [2.24, 2.45) is 0 Å². The number of thiophene rings is 1. The highest BCUT2D eigenvalue weighted by atomic mass is 79.9. The second-order valence-electron chi connectivity index (χ2n) is 3.90. The lowest BCUT2D eigenvalue weighted by atomic mass is 10.1. The monoisotopic (exact) mass is 350 g/mol. The van der Waals surface area contributed by atoms with Gasteiger partial charge in [0.15, 0.2) is 0 Å². The van der Waals surface area contributed by atoms with Gasteiger partial charge in [-0.05, 0) is 34.1 Å². The number of aromatic carboxylic acids is 1. The van der Waals surface area contributed by atoms with Crippen LogP contribution in [0, 0.1) is 0 Å². The SMILES string of the molecule is O=C(O)c1ccccc1-c1nnc(-c2csc(Br)c2)o1. The average molecular weight is 351 g/mol. The van der Waals surface area contributed by atoms with Gasteiger partial charge >= 0.3 is 5.97 Å². The van der Waals surface area contributed by atoms with Crippen molar-refractivity contribution >= 4 is 33.2 Å². The molecule has 2 heterocycles. The first-order chi connectivity index (χ1) is 9.65. The van der Waals surface area contributed by atoms with E-state index in [2.05, 4.69) is 26.1 Å². The molecule has 0 amide bonds. The Morgan fingerprint density at radius 3 is 2.70 bits per heavy atom. The minimum atomic E-state index is -1.03. The van der Waals surface area contributed by atoms with Crippen molar-refractivity contribution < 1.29 is 14.3 Å². The molecule has 3 rings (SSSR count). The van der Waals surface area contributed by atoms with Gasteiger partial charge in [-0.25, -0.2) is 4.79 Å². The summed E-state index contributed by atoms with van der Waals surface area (Å²) < 4.78 is 6.52. The molecule has 3 aromatic rings. The fourth-order valence-electron chi connectivity index (χ4n) is 1.73. The highest BCUT2D eigenvalue weighted by molar-refractivity contribution is 9.11. The van der Waals surface area contributed by atoms with Crippen molar-refractivity contribution in [3.05, 3.63) is 45.1 Å². The van der Waals surface area contributed by atoms with E-state index < -0.39 is 5.97 Å². The van der Waals surface area contributed by atoms with Gasteiger partial charge < -0.3 is 9.52 Å². The van der Waals surface area contributed by atoms with E-state index in [4.69, 9.17) is 9.52 Å². The van der Waals surface area contributed by atoms with Crippen LogP contribution < -0.4 is 0 Å². The number of hydrogen-bond donors (Lipinski definition) is 1. The molecule has 0 bridgehead atoms. The highest BCUT2D eigenvalue weighted by Gasteiger charge is 2.17. The molecule has 1 N–H and O–H groups in total. The summed E-state index contributed by atoms with van der Waals surface area (Å²) in [7, 11) is 0. The zero-order valence-corrected chi connectivity index (χ0v) is 12.3. The summed E-state index contributed by atoms with van der Waals surface area (Å²) in [6, 6.07) is 8.39. The number of carbonyl (C=O) groups is 1. The molecule has 0 atom stereocenters. The lowest BCUT2D eigenvalue weighted by Gasteiger charge is -1.99. The van der Waals surface area contributed by atoms with Gasteiger partial charge in [0, 0.05) is 5.38 Å². The predicted octanol–water partition coefficient (Wildman–Crippen LogP) is 3.93. The minimum Gasteiger partial charge on any atom is -0.478 e. The van der Waals surface area contributed by atoms with E-state index in [9.17, 15) is 4.79 Å². The second-order valence-corrected chi connectivity index (χ2v) is 6.19. The molecule has 0 saturated carbocycles. The molecule has 0 saturated heterocycles. The number of hydrogen-bond acceptors (Lipinski definition) is 5. The highest BCUT2D eigenvalue weighted by Crippen LogP contribution is 2.30. The van der Waals surface area contributed by atoms with Crippen LogP contribution in [0.15, 0.2) is 43.9 Å². The predicted molar refractivity (Wildman–Crippen MR) is 77.7 cm³/mol. The molecule has 5 nitrogen and oxygen atoms in total. The largest absolute Gasteiger partial charge is 0.478 e. The number of halogens is 1. The normalized spacial score (nSPS) is 10.7. The number of benzene rings is 1. The van der Waals surface area contributed by atoms with Crippen molar-refractivity contribution in [3.8, 4) is 22.9 Å². The number of carboxylic acids is 1. The standard InChI is InChI=1S/C13H7BrN2O3S/c14-10-5-7(6-20-10)11-15-16-12(19-11)8-3-1-2-4-9(8)13(17)18/h1-6H,(H,17,18). The van der Waals surface area contributed by atoms with Crippen molar-refractivity contribution in [2.75, 3.05) is 0 Å². The third-order valence-corrected chi connectivity index (χ3v) is 4.13. The molecule has 7 heteroatoms. The lowest BCUT2D eigenvalue weighted by molar-refractivity contribution is 0.0697. The van der Waals surface area contributed by atoms with Gasteiger partial charge in [0.1, 0.15) is 0 Å². The Labute approximate surface area is 126 Å². The van der Waals surface area contributed by atoms with E-state index in [1.165, 1.54) is 17.4 Å². The van der Waals surface area contributed by atoms with Crippen molar-refractivity contribution in [1.29, 1.82) is 0 Å². The second kappa shape index (κ2) is 5.18. The molecule has 0 aliphatic heterocycles. The Balaban J connectivity index is 2.05. The molecule has 0 aliphatic carbocycles. The van der Waals surface area contributed by atoms with Crippen LogP contribution in [-0.2, 0) is 0 Å². The summed E-state index contributed by atoms with van der Waals surface area (Å²) in [5.41, 5.74) is 1.34. The van der Waals surface area contributed by atoms with Crippen LogP contribution >= 0.6 is 27.3 Å². The zero-order chi connectivity index (χ0) is 14.1. The van der Waals surface area contributed by atoms with Gasteiger partial charge in [-0.1, -0.05) is 12.1 Å². The van der Waals surface area contributed by atoms with E-state index >= 15 is 0 Å². The van der Waals surface area contributed by atoms with Crippen molar-refractivity contribution in [2.45, 2.75) is 0 Å². The van der Waals surface area contributed by atoms with Gasteiger partial charge in [0.25, 0.3) is 0 Å². The van der Waals surface area contributed by atoms with E-state index in [0.717, 1.165) is 9.35 Å². The number of carboxylic acid groups (broad SMARTS) is 1. The molecular formula is C13H7BrN2O3S. The Hall–Kier alpha value is -1.99. The summed E-state index contributed by atoms with van der Waals surface area (Å²) in [6.07, 6.45) is 0. The van der Waals surface area contributed by atoms with Crippen LogP contribution in [0.25, 0.3) is 22.9 Å². The smallest absolute Gasteiger partial charge is 0.336 e. The Kier molecular flexibility index (Phi) is 3.37. The molecule has 0 unspecified atom stereocenters. The van der Waals surface area contributed by atoms with Crippen molar-refractivity contribution in [3.63, 3.8) is 0 Å². The third-order valence-electron chi connectivity index (χ3n) is 2.63. The molecule has 2 aromatic heterocycles. The number of aromatic nitrogens is 2. The lowest BCUT2D eigenvalue weighted by Crippen LogP contribution is -1.98. The Morgan fingerprint density at radius 2 is 2.00 bits per heavy atom.